The summed E-state index contributed by atoms with van der Waals surface area (Å²) in [6.45, 7) is 5.27. The molecule has 4 N–H and O–H groups in total. The number of pyridine rings is 1. The zero-order chi connectivity index (χ0) is 22.3. The average Bonchev–Trinajstić information content (AvgIpc) is 3.24. The Morgan fingerprint density at radius 1 is 1.48 bits per heavy atom. The minimum atomic E-state index is -1.38. The van der Waals surface area contributed by atoms with Crippen LogP contribution in [0.15, 0.2) is 29.7 Å². The molecule has 3 heterocycles. The lowest BCUT2D eigenvalue weighted by atomic mass is 9.99. The lowest BCUT2D eigenvalue weighted by Crippen LogP contribution is -2.31. The number of imidazole rings is 1. The Kier molecular flexibility index (Phi) is 5.30. The van der Waals surface area contributed by atoms with Gasteiger partial charge in [-0.2, -0.15) is 0 Å². The molecular formula is C21H24FN5O4. The Hall–Kier alpha value is -3.56. The second-order valence-electron chi connectivity index (χ2n) is 7.94. The number of nitrogen functional groups attached to an aromatic ring is 1. The number of nitrogens with two attached hydrogens (primary N) is 1. The molecule has 0 unspecified atom stereocenters. The summed E-state index contributed by atoms with van der Waals surface area (Å²) in [7, 11) is 0. The zero-order valence-corrected chi connectivity index (χ0v) is 17.3. The molecule has 0 bridgehead atoms. The first-order valence-electron chi connectivity index (χ1n) is 10.1. The topological polar surface area (TPSA) is 124 Å². The number of aromatic nitrogens is 3. The molecule has 0 fully saturated rings. The molecule has 3 aromatic rings. The van der Waals surface area contributed by atoms with Crippen LogP contribution in [0.4, 0.5) is 15.8 Å². The van der Waals surface area contributed by atoms with Crippen molar-refractivity contribution in [2.45, 2.75) is 32.9 Å². The van der Waals surface area contributed by atoms with Crippen molar-refractivity contribution in [2.24, 2.45) is 5.92 Å². The number of hydrogen-bond donors (Lipinski definition) is 3. The molecule has 1 aliphatic rings. The highest BCUT2D eigenvalue weighted by Gasteiger charge is 2.32. The molecule has 0 saturated carbocycles. The van der Waals surface area contributed by atoms with Gasteiger partial charge in [-0.05, 0) is 12.3 Å². The molecule has 9 nitrogen and oxygen atoms in total. The van der Waals surface area contributed by atoms with E-state index in [-0.39, 0.29) is 41.1 Å². The van der Waals surface area contributed by atoms with Gasteiger partial charge in [-0.15, -0.1) is 0 Å². The van der Waals surface area contributed by atoms with Crippen molar-refractivity contribution in [3.63, 3.8) is 0 Å². The van der Waals surface area contributed by atoms with Crippen LogP contribution in [0.5, 0.6) is 5.75 Å². The third-order valence-corrected chi connectivity index (χ3v) is 5.61. The summed E-state index contributed by atoms with van der Waals surface area (Å²) in [5.74, 6) is -1.94. The highest BCUT2D eigenvalue weighted by Crippen LogP contribution is 2.44. The van der Waals surface area contributed by atoms with Crippen molar-refractivity contribution in [3.05, 3.63) is 46.5 Å². The second-order valence-corrected chi connectivity index (χ2v) is 7.94. The van der Waals surface area contributed by atoms with Crippen LogP contribution in [0.3, 0.4) is 0 Å². The maximum atomic E-state index is 15.2. The lowest BCUT2D eigenvalue weighted by molar-refractivity contribution is 0.0693. The molecule has 0 aliphatic carbocycles. The van der Waals surface area contributed by atoms with Crippen LogP contribution < -0.4 is 21.2 Å². The fourth-order valence-corrected chi connectivity index (χ4v) is 3.95. The summed E-state index contributed by atoms with van der Waals surface area (Å²) >= 11 is 0. The number of hydrogen-bond acceptors (Lipinski definition) is 6. The lowest BCUT2D eigenvalue weighted by Gasteiger charge is -2.33. The Bertz CT molecular complexity index is 1200. The van der Waals surface area contributed by atoms with E-state index in [0.717, 1.165) is 0 Å². The number of halogens is 1. The standard InChI is InChI=1S/C21H24FN5O4/c1-11(2)13-9-31-20-17(25-4-3-6-26-7-5-24-10-26)15(22)16(23)14-18(20)27(13)8-12(19(14)28)21(29)30/h5,7-8,10-11,13,25H,3-4,6,9,23H2,1-2H3,(H,29,30)/t13-/m1/s1. The van der Waals surface area contributed by atoms with Gasteiger partial charge in [-0.25, -0.2) is 14.2 Å². The van der Waals surface area contributed by atoms with Crippen molar-refractivity contribution >= 4 is 28.2 Å². The van der Waals surface area contributed by atoms with Crippen LogP contribution in [0.1, 0.15) is 36.7 Å². The summed E-state index contributed by atoms with van der Waals surface area (Å²) in [6, 6.07) is -0.229. The van der Waals surface area contributed by atoms with E-state index in [1.165, 1.54) is 6.20 Å². The largest absolute Gasteiger partial charge is 0.487 e. The van der Waals surface area contributed by atoms with E-state index in [1.54, 1.807) is 17.1 Å². The Morgan fingerprint density at radius 2 is 2.26 bits per heavy atom. The van der Waals surface area contributed by atoms with Gasteiger partial charge in [0.2, 0.25) is 5.43 Å². The maximum Gasteiger partial charge on any atom is 0.341 e. The summed E-state index contributed by atoms with van der Waals surface area (Å²) in [6.07, 6.45) is 7.22. The molecule has 31 heavy (non-hydrogen) atoms. The minimum Gasteiger partial charge on any atom is -0.487 e. The Balaban J connectivity index is 1.82. The second kappa shape index (κ2) is 7.93. The van der Waals surface area contributed by atoms with Gasteiger partial charge >= 0.3 is 5.97 Å². The quantitative estimate of drug-likeness (QED) is 0.390. The van der Waals surface area contributed by atoms with Crippen molar-refractivity contribution in [1.82, 2.24) is 14.1 Å². The van der Waals surface area contributed by atoms with Gasteiger partial charge < -0.3 is 30.0 Å². The van der Waals surface area contributed by atoms with Crippen molar-refractivity contribution in [3.8, 4) is 5.75 Å². The van der Waals surface area contributed by atoms with E-state index in [9.17, 15) is 14.7 Å². The first-order valence-corrected chi connectivity index (χ1v) is 10.1. The molecule has 164 valence electrons. The first kappa shape index (κ1) is 20.7. The van der Waals surface area contributed by atoms with Crippen molar-refractivity contribution < 1.29 is 19.0 Å². The first-order chi connectivity index (χ1) is 14.8. The van der Waals surface area contributed by atoms with Gasteiger partial charge in [0.1, 0.15) is 17.9 Å². The molecule has 1 aromatic carbocycles. The molecule has 2 aromatic heterocycles. The van der Waals surface area contributed by atoms with E-state index in [1.807, 2.05) is 24.6 Å². The molecule has 1 atom stereocenters. The molecule has 0 amide bonds. The molecule has 10 heteroatoms. The van der Waals surface area contributed by atoms with Crippen molar-refractivity contribution in [2.75, 3.05) is 24.2 Å². The van der Waals surface area contributed by atoms with Gasteiger partial charge in [-0.1, -0.05) is 13.8 Å². The minimum absolute atomic E-state index is 0.0778. The molecule has 0 saturated heterocycles. The number of carbonyl (C=O) groups is 1. The highest BCUT2D eigenvalue weighted by molar-refractivity contribution is 6.03. The predicted molar refractivity (Wildman–Crippen MR) is 114 cm³/mol. The number of benzene rings is 1. The number of anilines is 2. The van der Waals surface area contributed by atoms with Gasteiger partial charge in [-0.3, -0.25) is 4.79 Å². The van der Waals surface area contributed by atoms with E-state index in [2.05, 4.69) is 10.3 Å². The summed E-state index contributed by atoms with van der Waals surface area (Å²) < 4.78 is 24.7. The number of rotatable bonds is 7. The van der Waals surface area contributed by atoms with E-state index in [4.69, 9.17) is 10.5 Å². The smallest absolute Gasteiger partial charge is 0.341 e. The molecule has 0 spiro atoms. The number of aryl methyl sites for hydroxylation is 1. The normalized spacial score (nSPS) is 15.3. The SMILES string of the molecule is CC(C)[C@H]1COc2c(NCCCn3ccnc3)c(F)c(N)c3c(=O)c(C(=O)O)cn1c23. The molecule has 0 radical (unpaired) electrons. The number of carboxylic acids is 1. The summed E-state index contributed by atoms with van der Waals surface area (Å²) in [4.78, 5) is 28.5. The van der Waals surface area contributed by atoms with Gasteiger partial charge in [0.15, 0.2) is 11.6 Å². The van der Waals surface area contributed by atoms with Crippen LogP contribution >= 0.6 is 0 Å². The predicted octanol–water partition coefficient (Wildman–Crippen LogP) is 2.71. The Morgan fingerprint density at radius 3 is 2.90 bits per heavy atom. The van der Waals surface area contributed by atoms with Gasteiger partial charge in [0, 0.05) is 31.7 Å². The van der Waals surface area contributed by atoms with E-state index >= 15 is 4.39 Å². The third-order valence-electron chi connectivity index (χ3n) is 5.61. The fraction of sp³-hybridized carbons (Fsp3) is 0.381. The summed E-state index contributed by atoms with van der Waals surface area (Å²) in [5.41, 5.74) is 4.76. The number of ether oxygens (including phenoxy) is 1. The van der Waals surface area contributed by atoms with Crippen molar-refractivity contribution in [1.29, 1.82) is 0 Å². The molecular weight excluding hydrogens is 405 g/mol. The molecule has 1 aliphatic heterocycles. The monoisotopic (exact) mass is 429 g/mol. The third kappa shape index (κ3) is 3.47. The number of nitrogens with one attached hydrogen (secondary N) is 1. The van der Waals surface area contributed by atoms with Crippen LogP contribution in [0.2, 0.25) is 0 Å². The average molecular weight is 429 g/mol. The van der Waals surface area contributed by atoms with Crippen LogP contribution in [-0.2, 0) is 6.54 Å². The van der Waals surface area contributed by atoms with Gasteiger partial charge in [0.25, 0.3) is 0 Å². The number of aromatic carboxylic acids is 1. The molecule has 4 rings (SSSR count). The van der Waals surface area contributed by atoms with E-state index in [0.29, 0.717) is 25.0 Å². The summed E-state index contributed by atoms with van der Waals surface area (Å²) in [5, 5.41) is 12.4. The van der Waals surface area contributed by atoms with Crippen LogP contribution in [0, 0.1) is 11.7 Å². The number of nitrogens with zero attached hydrogens (tertiary/aromatic N) is 3. The Labute approximate surface area is 177 Å². The number of carboxylic acid groups (broad SMARTS) is 1. The highest BCUT2D eigenvalue weighted by atomic mass is 19.1. The zero-order valence-electron chi connectivity index (χ0n) is 17.3. The van der Waals surface area contributed by atoms with E-state index < -0.39 is 22.8 Å². The van der Waals surface area contributed by atoms with Crippen LogP contribution in [0.25, 0.3) is 10.9 Å². The van der Waals surface area contributed by atoms with Crippen LogP contribution in [-0.4, -0.2) is 38.3 Å². The van der Waals surface area contributed by atoms with Gasteiger partial charge in [0.05, 0.1) is 29.0 Å². The maximum absolute atomic E-state index is 15.2. The fourth-order valence-electron chi connectivity index (χ4n) is 3.95.